The van der Waals surface area contributed by atoms with Gasteiger partial charge in [-0.3, -0.25) is 4.90 Å². The maximum Gasteiger partial charge on any atom is 0.0613 e. The van der Waals surface area contributed by atoms with Gasteiger partial charge in [-0.15, -0.1) is 0 Å². The lowest BCUT2D eigenvalue weighted by Gasteiger charge is -2.35. The van der Waals surface area contributed by atoms with Gasteiger partial charge in [-0.25, -0.2) is 0 Å². The Morgan fingerprint density at radius 3 is 2.35 bits per heavy atom. The first-order valence-corrected chi connectivity index (χ1v) is 6.99. The number of aliphatic hydroxyl groups excluding tert-OH is 1. The molecular weight excluding hydrogens is 212 g/mol. The van der Waals surface area contributed by atoms with Crippen LogP contribution in [0.25, 0.3) is 0 Å². The van der Waals surface area contributed by atoms with Crippen molar-refractivity contribution in [2.24, 2.45) is 5.92 Å². The first-order valence-electron chi connectivity index (χ1n) is 6.99. The van der Waals surface area contributed by atoms with E-state index in [0.29, 0.717) is 18.0 Å². The minimum Gasteiger partial charge on any atom is -0.394 e. The number of hydrogen-bond acceptors (Lipinski definition) is 3. The van der Waals surface area contributed by atoms with Crippen LogP contribution in [0.2, 0.25) is 0 Å². The Balaban J connectivity index is 2.65. The molecule has 0 radical (unpaired) electrons. The molecule has 2 atom stereocenters. The molecule has 102 valence electrons. The molecule has 3 nitrogen and oxygen atoms in total. The summed E-state index contributed by atoms with van der Waals surface area (Å²) < 4.78 is 0. The number of nitrogens with one attached hydrogen (secondary N) is 1. The molecule has 0 aromatic heterocycles. The third kappa shape index (κ3) is 3.67. The Morgan fingerprint density at radius 2 is 2.00 bits per heavy atom. The molecule has 1 rings (SSSR count). The van der Waals surface area contributed by atoms with Crippen LogP contribution in [0, 0.1) is 5.92 Å². The predicted octanol–water partition coefficient (Wildman–Crippen LogP) is 1.86. The highest BCUT2D eigenvalue weighted by Crippen LogP contribution is 2.33. The lowest BCUT2D eigenvalue weighted by Crippen LogP contribution is -2.47. The lowest BCUT2D eigenvalue weighted by molar-refractivity contribution is 0.117. The number of nitrogens with zero attached hydrogens (tertiary/aromatic N) is 1. The molecule has 1 fully saturated rings. The molecule has 1 aliphatic carbocycles. The van der Waals surface area contributed by atoms with Gasteiger partial charge in [-0.1, -0.05) is 13.8 Å². The van der Waals surface area contributed by atoms with Crippen LogP contribution in [-0.4, -0.2) is 47.8 Å². The molecular formula is C14H30N2O. The van der Waals surface area contributed by atoms with Crippen LogP contribution < -0.4 is 5.32 Å². The molecule has 0 amide bonds. The summed E-state index contributed by atoms with van der Waals surface area (Å²) in [5.41, 5.74) is -0.0330. The third-order valence-corrected chi connectivity index (χ3v) is 4.12. The molecule has 1 saturated carbocycles. The smallest absolute Gasteiger partial charge is 0.0613 e. The first kappa shape index (κ1) is 14.9. The normalized spacial score (nSPS) is 29.8. The molecule has 0 aromatic carbocycles. The Bertz CT molecular complexity index is 224. The van der Waals surface area contributed by atoms with Gasteiger partial charge < -0.3 is 10.4 Å². The van der Waals surface area contributed by atoms with E-state index in [2.05, 4.69) is 37.9 Å². The average molecular weight is 242 g/mol. The maximum absolute atomic E-state index is 9.56. The van der Waals surface area contributed by atoms with Crippen LogP contribution in [-0.2, 0) is 0 Å². The van der Waals surface area contributed by atoms with Crippen molar-refractivity contribution in [3.8, 4) is 0 Å². The lowest BCUT2D eigenvalue weighted by atomic mass is 9.98. The van der Waals surface area contributed by atoms with Crippen molar-refractivity contribution >= 4 is 0 Å². The number of rotatable bonds is 6. The average Bonchev–Trinajstić information content (AvgIpc) is 2.70. The van der Waals surface area contributed by atoms with E-state index in [1.807, 2.05) is 7.05 Å². The van der Waals surface area contributed by atoms with Crippen molar-refractivity contribution in [3.05, 3.63) is 0 Å². The second kappa shape index (κ2) is 6.17. The van der Waals surface area contributed by atoms with E-state index in [9.17, 15) is 5.11 Å². The zero-order chi connectivity index (χ0) is 13.1. The summed E-state index contributed by atoms with van der Waals surface area (Å²) in [4.78, 5) is 2.61. The maximum atomic E-state index is 9.56. The van der Waals surface area contributed by atoms with Crippen molar-refractivity contribution in [1.29, 1.82) is 0 Å². The SMILES string of the molecule is CNC1(CO)CCC(N(CC(C)C)C(C)C)C1. The fourth-order valence-corrected chi connectivity index (χ4v) is 3.03. The largest absolute Gasteiger partial charge is 0.394 e. The Morgan fingerprint density at radius 1 is 1.35 bits per heavy atom. The Kier molecular flexibility index (Phi) is 5.42. The molecule has 0 bridgehead atoms. The van der Waals surface area contributed by atoms with Crippen LogP contribution in [0.1, 0.15) is 47.0 Å². The van der Waals surface area contributed by atoms with Gasteiger partial charge in [0.15, 0.2) is 0 Å². The van der Waals surface area contributed by atoms with Crippen molar-refractivity contribution in [2.75, 3.05) is 20.2 Å². The highest BCUT2D eigenvalue weighted by atomic mass is 16.3. The number of likely N-dealkylation sites (N-methyl/N-ethyl adjacent to an activating group) is 1. The first-order chi connectivity index (χ1) is 7.94. The van der Waals surface area contributed by atoms with Crippen molar-refractivity contribution in [2.45, 2.75) is 64.6 Å². The van der Waals surface area contributed by atoms with Gasteiger partial charge in [0.25, 0.3) is 0 Å². The van der Waals surface area contributed by atoms with Gasteiger partial charge in [0.2, 0.25) is 0 Å². The van der Waals surface area contributed by atoms with E-state index in [4.69, 9.17) is 0 Å². The zero-order valence-electron chi connectivity index (χ0n) is 12.2. The minimum absolute atomic E-state index is 0.0330. The second-order valence-electron chi connectivity index (χ2n) is 6.27. The third-order valence-electron chi connectivity index (χ3n) is 4.12. The summed E-state index contributed by atoms with van der Waals surface area (Å²) in [5.74, 6) is 0.705. The summed E-state index contributed by atoms with van der Waals surface area (Å²) in [6.07, 6.45) is 3.36. The molecule has 2 unspecified atom stereocenters. The molecule has 2 N–H and O–H groups in total. The summed E-state index contributed by atoms with van der Waals surface area (Å²) >= 11 is 0. The molecule has 1 aliphatic rings. The van der Waals surface area contributed by atoms with E-state index in [1.54, 1.807) is 0 Å². The van der Waals surface area contributed by atoms with E-state index in [0.717, 1.165) is 19.4 Å². The van der Waals surface area contributed by atoms with Crippen LogP contribution in [0.5, 0.6) is 0 Å². The van der Waals surface area contributed by atoms with Gasteiger partial charge in [-0.2, -0.15) is 0 Å². The fraction of sp³-hybridized carbons (Fsp3) is 1.00. The molecule has 0 heterocycles. The van der Waals surface area contributed by atoms with Gasteiger partial charge in [0, 0.05) is 24.2 Å². The topological polar surface area (TPSA) is 35.5 Å². The van der Waals surface area contributed by atoms with Crippen molar-refractivity contribution < 1.29 is 5.11 Å². The fourth-order valence-electron chi connectivity index (χ4n) is 3.03. The van der Waals surface area contributed by atoms with E-state index < -0.39 is 0 Å². The van der Waals surface area contributed by atoms with E-state index >= 15 is 0 Å². The highest BCUT2D eigenvalue weighted by Gasteiger charge is 2.40. The molecule has 0 saturated heterocycles. The zero-order valence-corrected chi connectivity index (χ0v) is 12.2. The monoisotopic (exact) mass is 242 g/mol. The summed E-state index contributed by atoms with van der Waals surface area (Å²) in [6, 6.07) is 1.21. The van der Waals surface area contributed by atoms with Gasteiger partial charge in [-0.05, 0) is 46.1 Å². The Hall–Kier alpha value is -0.120. The van der Waals surface area contributed by atoms with Crippen molar-refractivity contribution in [3.63, 3.8) is 0 Å². The summed E-state index contributed by atoms with van der Waals surface area (Å²) in [5, 5.41) is 12.9. The Labute approximate surface area is 107 Å². The quantitative estimate of drug-likeness (QED) is 0.746. The van der Waals surface area contributed by atoms with Crippen LogP contribution in [0.4, 0.5) is 0 Å². The van der Waals surface area contributed by atoms with E-state index in [1.165, 1.54) is 6.42 Å². The molecule has 0 spiro atoms. The summed E-state index contributed by atoms with van der Waals surface area (Å²) in [6.45, 7) is 10.5. The minimum atomic E-state index is -0.0330. The van der Waals surface area contributed by atoms with Crippen LogP contribution >= 0.6 is 0 Å². The van der Waals surface area contributed by atoms with E-state index in [-0.39, 0.29) is 12.1 Å². The molecule has 17 heavy (non-hydrogen) atoms. The van der Waals surface area contributed by atoms with Crippen LogP contribution in [0.3, 0.4) is 0 Å². The van der Waals surface area contributed by atoms with Crippen LogP contribution in [0.15, 0.2) is 0 Å². The molecule has 0 aromatic rings. The molecule has 3 heteroatoms. The predicted molar refractivity (Wildman–Crippen MR) is 73.2 cm³/mol. The van der Waals surface area contributed by atoms with Gasteiger partial charge in [0.05, 0.1) is 6.61 Å². The highest BCUT2D eigenvalue weighted by molar-refractivity contribution is 4.99. The second-order valence-corrected chi connectivity index (χ2v) is 6.27. The molecule has 0 aliphatic heterocycles. The van der Waals surface area contributed by atoms with Gasteiger partial charge in [0.1, 0.15) is 0 Å². The summed E-state index contributed by atoms with van der Waals surface area (Å²) in [7, 11) is 1.97. The van der Waals surface area contributed by atoms with Gasteiger partial charge >= 0.3 is 0 Å². The number of aliphatic hydroxyl groups is 1. The van der Waals surface area contributed by atoms with Crippen molar-refractivity contribution in [1.82, 2.24) is 10.2 Å². The standard InChI is InChI=1S/C14H30N2O/c1-11(2)9-16(12(3)4)13-6-7-14(8-13,10-17)15-5/h11-13,15,17H,6-10H2,1-5H3. The number of hydrogen-bond donors (Lipinski definition) is 2.